The zero-order valence-corrected chi connectivity index (χ0v) is 15.6. The van der Waals surface area contributed by atoms with Crippen molar-refractivity contribution in [2.75, 3.05) is 32.7 Å². The molecule has 3 rings (SSSR count). The Morgan fingerprint density at radius 3 is 2.56 bits per heavy atom. The van der Waals surface area contributed by atoms with Gasteiger partial charge in [-0.2, -0.15) is 4.98 Å². The molecular formula is C18H20Cl2N4O3. The number of nitrogens with zero attached hydrogens (tertiary/aromatic N) is 3. The van der Waals surface area contributed by atoms with Crippen molar-refractivity contribution in [2.45, 2.75) is 7.43 Å². The lowest BCUT2D eigenvalue weighted by atomic mass is 10.1. The minimum atomic E-state index is -0.420. The van der Waals surface area contributed by atoms with Crippen molar-refractivity contribution in [3.05, 3.63) is 50.9 Å². The Bertz CT molecular complexity index is 988. The molecule has 1 N–H and O–H groups in total. The van der Waals surface area contributed by atoms with E-state index >= 15 is 0 Å². The van der Waals surface area contributed by atoms with Gasteiger partial charge in [-0.1, -0.05) is 36.7 Å². The highest BCUT2D eigenvalue weighted by atomic mass is 35.5. The third-order valence-corrected chi connectivity index (χ3v) is 4.34. The van der Waals surface area contributed by atoms with E-state index in [2.05, 4.69) is 15.3 Å². The number of aromatic nitrogens is 3. The molecule has 0 amide bonds. The standard InChI is InChI=1S/C17H16Cl2N4O3.CH4/c1-25-7-6-20-17-21-9-10-8-11(14-12(18)4-3-5-13(14)19)16(24)23(26-2)15(10)22-17;/h3-5,8-9H,6-7H2,1-2H3,(H,20,21,22);1H4. The van der Waals surface area contributed by atoms with Gasteiger partial charge in [-0.05, 0) is 18.2 Å². The summed E-state index contributed by atoms with van der Waals surface area (Å²) < 4.78 is 6.07. The summed E-state index contributed by atoms with van der Waals surface area (Å²) in [5.41, 5.74) is 0.658. The maximum atomic E-state index is 12.9. The number of nitrogens with one attached hydrogen (secondary N) is 1. The second-order valence-corrected chi connectivity index (χ2v) is 6.14. The first kappa shape index (κ1) is 21.0. The third kappa shape index (κ3) is 4.16. The lowest BCUT2D eigenvalue weighted by molar-refractivity contribution is 0.168. The van der Waals surface area contributed by atoms with Gasteiger partial charge in [0.25, 0.3) is 5.56 Å². The molecule has 0 saturated heterocycles. The molecule has 7 nitrogen and oxygen atoms in total. The van der Waals surface area contributed by atoms with E-state index < -0.39 is 5.56 Å². The molecule has 0 aliphatic heterocycles. The van der Waals surface area contributed by atoms with E-state index in [0.717, 1.165) is 4.73 Å². The van der Waals surface area contributed by atoms with Crippen LogP contribution in [-0.2, 0) is 4.74 Å². The molecule has 9 heteroatoms. The van der Waals surface area contributed by atoms with Gasteiger partial charge in [0.1, 0.15) is 7.11 Å². The number of benzene rings is 1. The van der Waals surface area contributed by atoms with E-state index in [-0.39, 0.29) is 7.43 Å². The Morgan fingerprint density at radius 1 is 1.22 bits per heavy atom. The number of ether oxygens (including phenoxy) is 1. The lowest BCUT2D eigenvalue weighted by Crippen LogP contribution is -2.27. The van der Waals surface area contributed by atoms with E-state index in [1.54, 1.807) is 37.6 Å². The van der Waals surface area contributed by atoms with Crippen LogP contribution in [0.2, 0.25) is 10.0 Å². The van der Waals surface area contributed by atoms with E-state index in [4.69, 9.17) is 32.8 Å². The maximum Gasteiger partial charge on any atom is 0.293 e. The average Bonchev–Trinajstić information content (AvgIpc) is 2.62. The summed E-state index contributed by atoms with van der Waals surface area (Å²) in [5, 5.41) is 4.36. The first-order valence-corrected chi connectivity index (χ1v) is 8.47. The fourth-order valence-corrected chi connectivity index (χ4v) is 3.12. The highest BCUT2D eigenvalue weighted by molar-refractivity contribution is 6.39. The number of halogens is 2. The van der Waals surface area contributed by atoms with Gasteiger partial charge in [0.05, 0.1) is 22.2 Å². The largest absolute Gasteiger partial charge is 0.412 e. The SMILES string of the molecule is C.COCCNc1ncc2cc(-c3c(Cl)cccc3Cl)c(=O)n(OC)c2n1. The van der Waals surface area contributed by atoms with Crippen molar-refractivity contribution in [1.29, 1.82) is 0 Å². The van der Waals surface area contributed by atoms with Crippen LogP contribution < -0.4 is 15.7 Å². The molecule has 2 heterocycles. The van der Waals surface area contributed by atoms with Crippen LogP contribution in [0.15, 0.2) is 35.3 Å². The fraction of sp³-hybridized carbons (Fsp3) is 0.278. The zero-order chi connectivity index (χ0) is 18.7. The molecule has 0 bridgehead atoms. The normalized spacial score (nSPS) is 10.5. The fourth-order valence-electron chi connectivity index (χ4n) is 2.52. The molecule has 27 heavy (non-hydrogen) atoms. The van der Waals surface area contributed by atoms with Crippen molar-refractivity contribution in [3.63, 3.8) is 0 Å². The van der Waals surface area contributed by atoms with E-state index in [0.29, 0.717) is 51.3 Å². The molecule has 3 aromatic rings. The van der Waals surface area contributed by atoms with Crippen molar-refractivity contribution in [1.82, 2.24) is 14.7 Å². The number of rotatable bonds is 6. The van der Waals surface area contributed by atoms with Gasteiger partial charge in [-0.25, -0.2) is 4.98 Å². The maximum absolute atomic E-state index is 12.9. The molecule has 0 atom stereocenters. The zero-order valence-electron chi connectivity index (χ0n) is 14.1. The Hall–Kier alpha value is -2.35. The van der Waals surface area contributed by atoms with Crippen LogP contribution in [0.5, 0.6) is 0 Å². The van der Waals surface area contributed by atoms with Crippen molar-refractivity contribution >= 4 is 40.2 Å². The Balaban J connectivity index is 0.00000261. The number of hydrogen-bond donors (Lipinski definition) is 1. The van der Waals surface area contributed by atoms with E-state index in [1.165, 1.54) is 7.11 Å². The number of fused-ring (bicyclic) bond motifs is 1. The molecule has 0 fully saturated rings. The van der Waals surface area contributed by atoms with Gasteiger partial charge in [-0.15, -0.1) is 4.73 Å². The molecule has 0 aliphatic rings. The summed E-state index contributed by atoms with van der Waals surface area (Å²) in [5.74, 6) is 0.364. The summed E-state index contributed by atoms with van der Waals surface area (Å²) >= 11 is 12.5. The van der Waals surface area contributed by atoms with E-state index in [1.807, 2.05) is 0 Å². The van der Waals surface area contributed by atoms with Gasteiger partial charge in [0.2, 0.25) is 5.95 Å². The second kappa shape index (κ2) is 9.03. The van der Waals surface area contributed by atoms with Crippen LogP contribution in [0.4, 0.5) is 5.95 Å². The van der Waals surface area contributed by atoms with Gasteiger partial charge < -0.3 is 14.9 Å². The van der Waals surface area contributed by atoms with Gasteiger partial charge in [-0.3, -0.25) is 4.79 Å². The first-order chi connectivity index (χ1) is 12.6. The van der Waals surface area contributed by atoms with Crippen LogP contribution in [0.3, 0.4) is 0 Å². The smallest absolute Gasteiger partial charge is 0.293 e. The van der Waals surface area contributed by atoms with Gasteiger partial charge >= 0.3 is 0 Å². The van der Waals surface area contributed by atoms with Crippen LogP contribution >= 0.6 is 23.2 Å². The van der Waals surface area contributed by atoms with Crippen LogP contribution in [-0.4, -0.2) is 42.1 Å². The summed E-state index contributed by atoms with van der Waals surface area (Å²) in [6.07, 6.45) is 1.60. The number of anilines is 1. The molecule has 1 aromatic carbocycles. The quantitative estimate of drug-likeness (QED) is 0.626. The van der Waals surface area contributed by atoms with Crippen molar-refractivity contribution in [2.24, 2.45) is 0 Å². The third-order valence-electron chi connectivity index (χ3n) is 3.71. The minimum absolute atomic E-state index is 0. The molecular weight excluding hydrogens is 391 g/mol. The lowest BCUT2D eigenvalue weighted by Gasteiger charge is -2.13. The molecule has 0 unspecified atom stereocenters. The highest BCUT2D eigenvalue weighted by Crippen LogP contribution is 2.33. The predicted molar refractivity (Wildman–Crippen MR) is 109 cm³/mol. The Labute approximate surface area is 166 Å². The Kier molecular flexibility index (Phi) is 7.01. The second-order valence-electron chi connectivity index (χ2n) is 5.33. The van der Waals surface area contributed by atoms with Crippen LogP contribution in [0, 0.1) is 0 Å². The highest BCUT2D eigenvalue weighted by Gasteiger charge is 2.18. The predicted octanol–water partition coefficient (Wildman–Crippen LogP) is 3.52. The minimum Gasteiger partial charge on any atom is -0.412 e. The van der Waals surface area contributed by atoms with Gasteiger partial charge in [0.15, 0.2) is 5.65 Å². The van der Waals surface area contributed by atoms with Crippen LogP contribution in [0.1, 0.15) is 7.43 Å². The summed E-state index contributed by atoms with van der Waals surface area (Å²) in [7, 11) is 2.99. The number of hydrogen-bond acceptors (Lipinski definition) is 6. The molecule has 0 radical (unpaired) electrons. The van der Waals surface area contributed by atoms with Crippen molar-refractivity contribution < 1.29 is 9.57 Å². The number of pyridine rings is 1. The topological polar surface area (TPSA) is 78.3 Å². The molecule has 2 aromatic heterocycles. The van der Waals surface area contributed by atoms with Crippen LogP contribution in [0.25, 0.3) is 22.2 Å². The Morgan fingerprint density at radius 2 is 1.93 bits per heavy atom. The van der Waals surface area contributed by atoms with Gasteiger partial charge in [0, 0.05) is 30.8 Å². The average molecular weight is 411 g/mol. The monoisotopic (exact) mass is 410 g/mol. The number of methoxy groups -OCH3 is 1. The molecule has 0 spiro atoms. The molecule has 0 aliphatic carbocycles. The van der Waals surface area contributed by atoms with Crippen molar-refractivity contribution in [3.8, 4) is 11.1 Å². The summed E-state index contributed by atoms with van der Waals surface area (Å²) in [6.45, 7) is 1.04. The molecule has 0 saturated carbocycles. The first-order valence-electron chi connectivity index (χ1n) is 7.71. The van der Waals surface area contributed by atoms with E-state index in [9.17, 15) is 4.79 Å². The molecule has 144 valence electrons. The summed E-state index contributed by atoms with van der Waals surface area (Å²) in [4.78, 5) is 26.8. The summed E-state index contributed by atoms with van der Waals surface area (Å²) in [6, 6.07) is 6.70.